The quantitative estimate of drug-likeness (QED) is 0.836. The van der Waals surface area contributed by atoms with E-state index in [0.29, 0.717) is 5.41 Å². The summed E-state index contributed by atoms with van der Waals surface area (Å²) in [6.07, 6.45) is 2.19. The number of hydrogen-bond donors (Lipinski definition) is 1. The van der Waals surface area contributed by atoms with Crippen LogP contribution in [-0.4, -0.2) is 46.9 Å². The maximum Gasteiger partial charge on any atom is 0.0896 e. The molecule has 0 aromatic carbocycles. The number of piperidine rings is 1. The van der Waals surface area contributed by atoms with Gasteiger partial charge in [0.25, 0.3) is 0 Å². The molecule has 2 heterocycles. The Morgan fingerprint density at radius 2 is 1.74 bits per heavy atom. The van der Waals surface area contributed by atoms with Gasteiger partial charge in [-0.15, -0.1) is 0 Å². The molecule has 2 rings (SSSR count). The molecule has 112 valence electrons. The number of nitrogens with zero attached hydrogens (tertiary/aromatic N) is 1. The molecule has 0 radical (unpaired) electrons. The predicted octanol–water partition coefficient (Wildman–Crippen LogP) is 2.67. The summed E-state index contributed by atoms with van der Waals surface area (Å²) in [7, 11) is 0. The van der Waals surface area contributed by atoms with Gasteiger partial charge in [-0.25, -0.2) is 0 Å². The summed E-state index contributed by atoms with van der Waals surface area (Å²) < 4.78 is 6.08. The molecule has 0 bridgehead atoms. The van der Waals surface area contributed by atoms with Crippen molar-refractivity contribution in [3.8, 4) is 0 Å². The summed E-state index contributed by atoms with van der Waals surface area (Å²) in [6, 6.07) is 0. The Bertz CT molecular complexity index is 336. The molecule has 1 N–H and O–H groups in total. The molecule has 0 aromatic heterocycles. The predicted molar refractivity (Wildman–Crippen MR) is 78.2 cm³/mol. The minimum absolute atomic E-state index is 0.191. The first-order chi connectivity index (χ1) is 8.54. The van der Waals surface area contributed by atoms with Gasteiger partial charge in [-0.1, -0.05) is 13.8 Å². The molecule has 2 aliphatic rings. The summed E-state index contributed by atoms with van der Waals surface area (Å²) >= 11 is 0. The fourth-order valence-electron chi connectivity index (χ4n) is 3.98. The van der Waals surface area contributed by atoms with E-state index in [1.165, 1.54) is 12.8 Å². The van der Waals surface area contributed by atoms with Crippen LogP contribution in [0.5, 0.6) is 0 Å². The van der Waals surface area contributed by atoms with E-state index < -0.39 is 5.60 Å². The Morgan fingerprint density at radius 3 is 2.21 bits per heavy atom. The molecule has 0 aromatic rings. The summed E-state index contributed by atoms with van der Waals surface area (Å²) in [5.41, 5.74) is -0.272. The van der Waals surface area contributed by atoms with Gasteiger partial charge in [0.05, 0.1) is 17.3 Å². The van der Waals surface area contributed by atoms with E-state index in [-0.39, 0.29) is 17.6 Å². The molecule has 3 heteroatoms. The lowest BCUT2D eigenvalue weighted by atomic mass is 9.81. The average molecular weight is 269 g/mol. The smallest absolute Gasteiger partial charge is 0.0896 e. The Morgan fingerprint density at radius 1 is 1.11 bits per heavy atom. The van der Waals surface area contributed by atoms with Crippen molar-refractivity contribution in [2.45, 2.75) is 71.7 Å². The molecule has 0 amide bonds. The van der Waals surface area contributed by atoms with Crippen molar-refractivity contribution in [1.29, 1.82) is 0 Å². The maximum atomic E-state index is 10.6. The second-order valence-electron chi connectivity index (χ2n) is 8.36. The highest BCUT2D eigenvalue weighted by molar-refractivity contribution is 5.02. The monoisotopic (exact) mass is 269 g/mol. The van der Waals surface area contributed by atoms with Gasteiger partial charge in [-0.3, -0.25) is 0 Å². The number of aliphatic hydroxyl groups is 1. The highest BCUT2D eigenvalue weighted by Crippen LogP contribution is 2.43. The van der Waals surface area contributed by atoms with Crippen LogP contribution in [0.4, 0.5) is 0 Å². The van der Waals surface area contributed by atoms with Crippen LogP contribution in [0, 0.1) is 11.3 Å². The van der Waals surface area contributed by atoms with Crippen molar-refractivity contribution < 1.29 is 9.84 Å². The van der Waals surface area contributed by atoms with Crippen LogP contribution >= 0.6 is 0 Å². The third-order valence-corrected chi connectivity index (χ3v) is 4.95. The first-order valence-electron chi connectivity index (χ1n) is 7.64. The Labute approximate surface area is 118 Å². The average Bonchev–Trinajstić information content (AvgIpc) is 2.35. The molecular weight excluding hydrogens is 238 g/mol. The van der Waals surface area contributed by atoms with Crippen LogP contribution in [0.3, 0.4) is 0 Å². The molecule has 2 fully saturated rings. The maximum absolute atomic E-state index is 10.6. The number of hydrogen-bond acceptors (Lipinski definition) is 3. The second kappa shape index (κ2) is 4.71. The van der Waals surface area contributed by atoms with E-state index in [2.05, 4.69) is 32.6 Å². The van der Waals surface area contributed by atoms with Gasteiger partial charge < -0.3 is 14.7 Å². The van der Waals surface area contributed by atoms with Crippen LogP contribution in [0.2, 0.25) is 0 Å². The van der Waals surface area contributed by atoms with Crippen molar-refractivity contribution in [3.63, 3.8) is 0 Å². The molecule has 2 aliphatic heterocycles. The molecule has 2 unspecified atom stereocenters. The zero-order valence-electron chi connectivity index (χ0n) is 13.5. The topological polar surface area (TPSA) is 32.7 Å². The van der Waals surface area contributed by atoms with Crippen molar-refractivity contribution >= 4 is 0 Å². The molecule has 0 aliphatic carbocycles. The Balaban J connectivity index is 2.06. The number of ether oxygens (including phenoxy) is 1. The minimum atomic E-state index is -0.431. The van der Waals surface area contributed by atoms with E-state index >= 15 is 0 Å². The third kappa shape index (κ3) is 3.14. The highest BCUT2D eigenvalue weighted by atomic mass is 16.5. The molecule has 0 spiro atoms. The molecule has 2 saturated heterocycles. The first-order valence-corrected chi connectivity index (χ1v) is 7.64. The summed E-state index contributed by atoms with van der Waals surface area (Å²) in [6.45, 7) is 16.1. The third-order valence-electron chi connectivity index (χ3n) is 4.95. The van der Waals surface area contributed by atoms with Crippen molar-refractivity contribution in [1.82, 2.24) is 4.90 Å². The van der Waals surface area contributed by atoms with Crippen LogP contribution in [0.1, 0.15) is 54.4 Å². The molecular formula is C16H31NO2. The van der Waals surface area contributed by atoms with Crippen LogP contribution < -0.4 is 0 Å². The number of likely N-dealkylation sites (tertiary alicyclic amines) is 1. The Hall–Kier alpha value is -0.120. The molecule has 0 saturated carbocycles. The number of aliphatic hydroxyl groups excluding tert-OH is 1. The standard InChI is InChI=1S/C16H31NO2/c1-14(2)8-7-9-17(11-14)10-12-13(18)16(5,6)19-15(12,3)4/h12-13,18H,7-11H2,1-6H3. The zero-order valence-corrected chi connectivity index (χ0v) is 13.5. The van der Waals surface area contributed by atoms with Gasteiger partial charge in [0.1, 0.15) is 0 Å². The van der Waals surface area contributed by atoms with Gasteiger partial charge in [0.15, 0.2) is 0 Å². The minimum Gasteiger partial charge on any atom is -0.390 e. The Kier molecular flexibility index (Phi) is 3.79. The van der Waals surface area contributed by atoms with Gasteiger partial charge >= 0.3 is 0 Å². The van der Waals surface area contributed by atoms with E-state index in [1.54, 1.807) is 0 Å². The van der Waals surface area contributed by atoms with E-state index in [4.69, 9.17) is 4.74 Å². The zero-order chi connectivity index (χ0) is 14.5. The fourth-order valence-corrected chi connectivity index (χ4v) is 3.98. The first kappa shape index (κ1) is 15.3. The van der Waals surface area contributed by atoms with Crippen molar-refractivity contribution in [2.24, 2.45) is 11.3 Å². The largest absolute Gasteiger partial charge is 0.390 e. The van der Waals surface area contributed by atoms with Crippen LogP contribution in [0.25, 0.3) is 0 Å². The van der Waals surface area contributed by atoms with Crippen LogP contribution in [-0.2, 0) is 4.74 Å². The van der Waals surface area contributed by atoms with Gasteiger partial charge in [-0.2, -0.15) is 0 Å². The lowest BCUT2D eigenvalue weighted by Crippen LogP contribution is -2.48. The molecule has 19 heavy (non-hydrogen) atoms. The van der Waals surface area contributed by atoms with Gasteiger partial charge in [0, 0.05) is 19.0 Å². The van der Waals surface area contributed by atoms with Crippen molar-refractivity contribution in [3.05, 3.63) is 0 Å². The molecule has 3 nitrogen and oxygen atoms in total. The summed E-state index contributed by atoms with van der Waals surface area (Å²) in [5, 5.41) is 10.6. The fraction of sp³-hybridized carbons (Fsp3) is 1.00. The van der Waals surface area contributed by atoms with E-state index in [1.807, 2.05) is 13.8 Å². The molecule has 2 atom stereocenters. The normalized spacial score (nSPS) is 37.4. The van der Waals surface area contributed by atoms with Gasteiger partial charge in [-0.05, 0) is 52.5 Å². The van der Waals surface area contributed by atoms with E-state index in [0.717, 1.165) is 19.6 Å². The lowest BCUT2D eigenvalue weighted by molar-refractivity contribution is -0.0916. The highest BCUT2D eigenvalue weighted by Gasteiger charge is 2.53. The number of rotatable bonds is 2. The van der Waals surface area contributed by atoms with Crippen LogP contribution in [0.15, 0.2) is 0 Å². The SMILES string of the molecule is CC1(C)CCCN(CC2C(O)C(C)(C)OC2(C)C)C1. The lowest BCUT2D eigenvalue weighted by Gasteiger charge is -2.41. The van der Waals surface area contributed by atoms with Gasteiger partial charge in [0.2, 0.25) is 0 Å². The summed E-state index contributed by atoms with van der Waals surface area (Å²) in [5.74, 6) is 0.191. The summed E-state index contributed by atoms with van der Waals surface area (Å²) in [4.78, 5) is 2.52. The van der Waals surface area contributed by atoms with E-state index in [9.17, 15) is 5.11 Å². The second-order valence-corrected chi connectivity index (χ2v) is 8.36. The van der Waals surface area contributed by atoms with Crippen molar-refractivity contribution in [2.75, 3.05) is 19.6 Å².